The van der Waals surface area contributed by atoms with Crippen molar-refractivity contribution in [2.75, 3.05) is 19.0 Å². The highest BCUT2D eigenvalue weighted by atomic mass is 16.5. The molecule has 1 aliphatic heterocycles. The second-order valence-corrected chi connectivity index (χ2v) is 6.68. The fraction of sp³-hybridized carbons (Fsp3) is 0.227. The number of hydrogen-bond acceptors (Lipinski definition) is 2. The number of hydrogen-bond donors (Lipinski definition) is 1. The van der Waals surface area contributed by atoms with Gasteiger partial charge < -0.3 is 19.5 Å². The van der Waals surface area contributed by atoms with E-state index in [1.807, 2.05) is 47.4 Å². The standard InChI is InChI=1S/C22H23N3O2/c1-27-19-11-9-18(10-12-19)23-22(26)25-15-14-24-13-5-8-20(24)21(25)16-17-6-3-2-4-7-17/h2-13,21H,14-16H2,1H3,(H,23,26). The molecule has 5 heteroatoms. The minimum absolute atomic E-state index is 0.00870. The molecule has 1 aromatic heterocycles. The number of ether oxygens (including phenoxy) is 1. The Morgan fingerprint density at radius 3 is 2.56 bits per heavy atom. The highest BCUT2D eigenvalue weighted by Crippen LogP contribution is 2.30. The van der Waals surface area contributed by atoms with Gasteiger partial charge in [0.25, 0.3) is 0 Å². The third-order valence-corrected chi connectivity index (χ3v) is 5.04. The van der Waals surface area contributed by atoms with Crippen LogP contribution in [0.5, 0.6) is 5.75 Å². The Morgan fingerprint density at radius 1 is 1.04 bits per heavy atom. The van der Waals surface area contributed by atoms with Crippen LogP contribution in [-0.4, -0.2) is 29.2 Å². The Kier molecular flexibility index (Phi) is 4.83. The van der Waals surface area contributed by atoms with Crippen LogP contribution in [0.25, 0.3) is 0 Å². The summed E-state index contributed by atoms with van der Waals surface area (Å²) in [6, 6.07) is 21.8. The van der Waals surface area contributed by atoms with Crippen LogP contribution in [-0.2, 0) is 13.0 Å². The normalized spacial score (nSPS) is 15.9. The van der Waals surface area contributed by atoms with E-state index in [0.29, 0.717) is 6.54 Å². The van der Waals surface area contributed by atoms with Crippen molar-refractivity contribution in [3.05, 3.63) is 84.2 Å². The van der Waals surface area contributed by atoms with Crippen molar-refractivity contribution in [3.63, 3.8) is 0 Å². The van der Waals surface area contributed by atoms with E-state index in [-0.39, 0.29) is 12.1 Å². The average Bonchev–Trinajstić information content (AvgIpc) is 3.19. The van der Waals surface area contributed by atoms with Crippen LogP contribution in [0.3, 0.4) is 0 Å². The summed E-state index contributed by atoms with van der Waals surface area (Å²) in [4.78, 5) is 15.0. The van der Waals surface area contributed by atoms with E-state index < -0.39 is 0 Å². The van der Waals surface area contributed by atoms with Gasteiger partial charge in [-0.15, -0.1) is 0 Å². The molecule has 5 nitrogen and oxygen atoms in total. The number of carbonyl (C=O) groups is 1. The van der Waals surface area contributed by atoms with Gasteiger partial charge in [0, 0.05) is 30.7 Å². The highest BCUT2D eigenvalue weighted by molar-refractivity contribution is 5.89. The molecular weight excluding hydrogens is 338 g/mol. The van der Waals surface area contributed by atoms with Crippen LogP contribution in [0, 0.1) is 0 Å². The van der Waals surface area contributed by atoms with Crippen molar-refractivity contribution in [2.24, 2.45) is 0 Å². The second kappa shape index (κ2) is 7.58. The minimum Gasteiger partial charge on any atom is -0.497 e. The van der Waals surface area contributed by atoms with E-state index in [9.17, 15) is 4.79 Å². The molecule has 0 spiro atoms. The molecule has 3 aromatic rings. The van der Waals surface area contributed by atoms with Crippen LogP contribution in [0.1, 0.15) is 17.3 Å². The Hall–Kier alpha value is -3.21. The van der Waals surface area contributed by atoms with E-state index >= 15 is 0 Å². The number of methoxy groups -OCH3 is 1. The second-order valence-electron chi connectivity index (χ2n) is 6.68. The lowest BCUT2D eigenvalue weighted by Gasteiger charge is -2.37. The lowest BCUT2D eigenvalue weighted by molar-refractivity contribution is 0.167. The van der Waals surface area contributed by atoms with Crippen molar-refractivity contribution < 1.29 is 9.53 Å². The molecule has 2 heterocycles. The van der Waals surface area contributed by atoms with E-state index in [2.05, 4.69) is 40.3 Å². The molecule has 1 atom stereocenters. The molecule has 0 fully saturated rings. The van der Waals surface area contributed by atoms with E-state index in [1.165, 1.54) is 11.3 Å². The van der Waals surface area contributed by atoms with Gasteiger partial charge in [-0.25, -0.2) is 4.79 Å². The minimum atomic E-state index is -0.0754. The van der Waals surface area contributed by atoms with Crippen LogP contribution in [0.2, 0.25) is 0 Å². The predicted molar refractivity (Wildman–Crippen MR) is 106 cm³/mol. The predicted octanol–water partition coefficient (Wildman–Crippen LogP) is 4.33. The summed E-state index contributed by atoms with van der Waals surface area (Å²) in [7, 11) is 1.63. The summed E-state index contributed by atoms with van der Waals surface area (Å²) in [6.07, 6.45) is 2.88. The van der Waals surface area contributed by atoms with Crippen LogP contribution < -0.4 is 10.1 Å². The third kappa shape index (κ3) is 3.67. The molecule has 1 aliphatic rings. The molecule has 2 amide bonds. The Balaban J connectivity index is 1.56. The van der Waals surface area contributed by atoms with E-state index in [1.54, 1.807) is 7.11 Å². The molecule has 138 valence electrons. The van der Waals surface area contributed by atoms with Gasteiger partial charge in [-0.1, -0.05) is 30.3 Å². The summed E-state index contributed by atoms with van der Waals surface area (Å²) in [5.41, 5.74) is 3.16. The number of carbonyl (C=O) groups excluding carboxylic acids is 1. The zero-order chi connectivity index (χ0) is 18.6. The molecule has 2 aromatic carbocycles. The molecule has 0 radical (unpaired) electrons. The maximum Gasteiger partial charge on any atom is 0.322 e. The lowest BCUT2D eigenvalue weighted by atomic mass is 10.0. The largest absolute Gasteiger partial charge is 0.497 e. The SMILES string of the molecule is COc1ccc(NC(=O)N2CCn3cccc3C2Cc2ccccc2)cc1. The summed E-state index contributed by atoms with van der Waals surface area (Å²) in [6.45, 7) is 1.49. The van der Waals surface area contributed by atoms with Crippen LogP contribution in [0.4, 0.5) is 10.5 Å². The molecule has 0 bridgehead atoms. The fourth-order valence-electron chi connectivity index (χ4n) is 3.63. The van der Waals surface area contributed by atoms with Crippen LogP contribution >= 0.6 is 0 Å². The topological polar surface area (TPSA) is 46.5 Å². The molecule has 1 unspecified atom stereocenters. The van der Waals surface area contributed by atoms with Gasteiger partial charge in [-0.3, -0.25) is 0 Å². The molecular formula is C22H23N3O2. The number of aromatic nitrogens is 1. The fourth-order valence-corrected chi connectivity index (χ4v) is 3.63. The van der Waals surface area contributed by atoms with E-state index in [4.69, 9.17) is 4.74 Å². The number of benzene rings is 2. The molecule has 0 aliphatic carbocycles. The van der Waals surface area contributed by atoms with Gasteiger partial charge in [0.05, 0.1) is 13.2 Å². The van der Waals surface area contributed by atoms with Gasteiger partial charge in [-0.2, -0.15) is 0 Å². The van der Waals surface area contributed by atoms with E-state index in [0.717, 1.165) is 24.4 Å². The summed E-state index contributed by atoms with van der Waals surface area (Å²) >= 11 is 0. The summed E-state index contributed by atoms with van der Waals surface area (Å²) < 4.78 is 7.42. The molecule has 1 N–H and O–H groups in total. The highest BCUT2D eigenvalue weighted by Gasteiger charge is 2.31. The van der Waals surface area contributed by atoms with Gasteiger partial charge in [0.15, 0.2) is 0 Å². The summed E-state index contributed by atoms with van der Waals surface area (Å²) in [5, 5.41) is 3.02. The first-order chi connectivity index (χ1) is 13.2. The Morgan fingerprint density at radius 2 is 1.81 bits per heavy atom. The molecule has 27 heavy (non-hydrogen) atoms. The number of rotatable bonds is 4. The van der Waals surface area contributed by atoms with Gasteiger partial charge in [-0.05, 0) is 48.4 Å². The molecule has 0 saturated carbocycles. The number of amides is 2. The van der Waals surface area contributed by atoms with Crippen LogP contribution in [0.15, 0.2) is 72.9 Å². The number of urea groups is 1. The Labute approximate surface area is 159 Å². The van der Waals surface area contributed by atoms with Crippen molar-refractivity contribution in [2.45, 2.75) is 19.0 Å². The maximum absolute atomic E-state index is 13.0. The smallest absolute Gasteiger partial charge is 0.322 e. The quantitative estimate of drug-likeness (QED) is 0.752. The zero-order valence-corrected chi connectivity index (χ0v) is 15.3. The average molecular weight is 361 g/mol. The molecule has 0 saturated heterocycles. The van der Waals surface area contributed by atoms with Crippen molar-refractivity contribution in [1.29, 1.82) is 0 Å². The third-order valence-electron chi connectivity index (χ3n) is 5.04. The van der Waals surface area contributed by atoms with Crippen molar-refractivity contribution in [3.8, 4) is 5.75 Å². The zero-order valence-electron chi connectivity index (χ0n) is 15.3. The number of nitrogens with one attached hydrogen (secondary N) is 1. The van der Waals surface area contributed by atoms with Crippen molar-refractivity contribution in [1.82, 2.24) is 9.47 Å². The maximum atomic E-state index is 13.0. The lowest BCUT2D eigenvalue weighted by Crippen LogP contribution is -2.44. The van der Waals surface area contributed by atoms with Gasteiger partial charge >= 0.3 is 6.03 Å². The van der Waals surface area contributed by atoms with Gasteiger partial charge in [0.1, 0.15) is 5.75 Å². The van der Waals surface area contributed by atoms with Gasteiger partial charge in [0.2, 0.25) is 0 Å². The number of fused-ring (bicyclic) bond motifs is 1. The van der Waals surface area contributed by atoms with Crippen molar-refractivity contribution >= 4 is 11.7 Å². The molecule has 4 rings (SSSR count). The number of nitrogens with zero attached hydrogens (tertiary/aromatic N) is 2. The number of anilines is 1. The first kappa shape index (κ1) is 17.2. The summed E-state index contributed by atoms with van der Waals surface area (Å²) in [5.74, 6) is 0.769. The first-order valence-corrected chi connectivity index (χ1v) is 9.15. The Bertz CT molecular complexity index is 903. The first-order valence-electron chi connectivity index (χ1n) is 9.15. The monoisotopic (exact) mass is 361 g/mol.